The van der Waals surface area contributed by atoms with Crippen LogP contribution >= 0.6 is 0 Å². The minimum absolute atomic E-state index is 0.114. The number of rotatable bonds is 5. The van der Waals surface area contributed by atoms with Crippen LogP contribution in [0.2, 0.25) is 0 Å². The third-order valence-corrected chi connectivity index (χ3v) is 2.05. The first-order chi connectivity index (χ1) is 5.86. The average molecular weight is 186 g/mol. The topological polar surface area (TPSA) is 54.4 Å². The van der Waals surface area contributed by atoms with E-state index < -0.39 is 12.0 Å². The second-order valence-corrected chi connectivity index (χ2v) is 3.90. The maximum Gasteiger partial charge on any atom is 0.158 e. The summed E-state index contributed by atoms with van der Waals surface area (Å²) in [6, 6.07) is 0. The molecule has 13 heavy (non-hydrogen) atoms. The Balaban J connectivity index is 4.42. The fourth-order valence-electron chi connectivity index (χ4n) is 1.31. The van der Waals surface area contributed by atoms with Gasteiger partial charge in [-0.15, -0.1) is 0 Å². The van der Waals surface area contributed by atoms with Crippen LogP contribution < -0.4 is 0 Å². The van der Waals surface area contributed by atoms with Crippen molar-refractivity contribution in [3.8, 4) is 0 Å². The van der Waals surface area contributed by atoms with Crippen LogP contribution in [0.5, 0.6) is 0 Å². The Hall–Kier alpha value is -0.700. The lowest BCUT2D eigenvalue weighted by atomic mass is 9.87. The van der Waals surface area contributed by atoms with Crippen molar-refractivity contribution in [1.29, 1.82) is 0 Å². The monoisotopic (exact) mass is 186 g/mol. The first kappa shape index (κ1) is 12.3. The molecule has 3 heteroatoms. The quantitative estimate of drug-likeness (QED) is 0.701. The lowest BCUT2D eigenvalue weighted by Crippen LogP contribution is -2.33. The fraction of sp³-hybridized carbons (Fsp3) is 0.800. The Morgan fingerprint density at radius 1 is 1.15 bits per heavy atom. The van der Waals surface area contributed by atoms with Gasteiger partial charge in [0.05, 0.1) is 5.92 Å². The van der Waals surface area contributed by atoms with Crippen molar-refractivity contribution in [1.82, 2.24) is 0 Å². The number of hydrogen-bond donors (Lipinski definition) is 1. The molecule has 0 spiro atoms. The molecule has 3 nitrogen and oxygen atoms in total. The standard InChI is InChI=1S/C10H18O3/c1-6(2)5-9(7(3)11)10(13)8(4)12/h6,9-10,13H,5H2,1-4H3. The Kier molecular flexibility index (Phi) is 4.85. The van der Waals surface area contributed by atoms with Crippen LogP contribution in [0.4, 0.5) is 0 Å². The molecule has 76 valence electrons. The lowest BCUT2D eigenvalue weighted by molar-refractivity contribution is -0.135. The van der Waals surface area contributed by atoms with E-state index in [9.17, 15) is 14.7 Å². The number of aliphatic hydroxyl groups is 1. The third-order valence-electron chi connectivity index (χ3n) is 2.05. The molecule has 1 N–H and O–H groups in total. The number of aliphatic hydroxyl groups excluding tert-OH is 1. The van der Waals surface area contributed by atoms with E-state index in [4.69, 9.17) is 0 Å². The normalized spacial score (nSPS) is 15.5. The average Bonchev–Trinajstić information content (AvgIpc) is 1.97. The molecule has 0 rings (SSSR count). The van der Waals surface area contributed by atoms with E-state index in [0.29, 0.717) is 12.3 Å². The van der Waals surface area contributed by atoms with Gasteiger partial charge < -0.3 is 5.11 Å². The summed E-state index contributed by atoms with van der Waals surface area (Å²) in [5, 5.41) is 9.44. The smallest absolute Gasteiger partial charge is 0.158 e. The summed E-state index contributed by atoms with van der Waals surface area (Å²) in [7, 11) is 0. The molecule has 2 atom stereocenters. The van der Waals surface area contributed by atoms with Gasteiger partial charge in [0, 0.05) is 0 Å². The molecule has 0 heterocycles. The fourth-order valence-corrected chi connectivity index (χ4v) is 1.31. The van der Waals surface area contributed by atoms with Crippen molar-refractivity contribution in [2.75, 3.05) is 0 Å². The highest BCUT2D eigenvalue weighted by molar-refractivity contribution is 5.88. The molecule has 0 saturated carbocycles. The van der Waals surface area contributed by atoms with E-state index in [1.807, 2.05) is 13.8 Å². The minimum Gasteiger partial charge on any atom is -0.385 e. The van der Waals surface area contributed by atoms with Crippen LogP contribution in [0.15, 0.2) is 0 Å². The summed E-state index contributed by atoms with van der Waals surface area (Å²) >= 11 is 0. The van der Waals surface area contributed by atoms with E-state index in [1.165, 1.54) is 13.8 Å². The maximum absolute atomic E-state index is 11.1. The largest absolute Gasteiger partial charge is 0.385 e. The van der Waals surface area contributed by atoms with E-state index in [1.54, 1.807) is 0 Å². The van der Waals surface area contributed by atoms with Crippen LogP contribution in [0.1, 0.15) is 34.1 Å². The van der Waals surface area contributed by atoms with Crippen LogP contribution in [0.3, 0.4) is 0 Å². The van der Waals surface area contributed by atoms with E-state index in [0.717, 1.165) is 0 Å². The molecule has 0 aliphatic heterocycles. The molecule has 0 aliphatic carbocycles. The summed E-state index contributed by atoms with van der Waals surface area (Å²) in [6.45, 7) is 6.64. The molecule has 0 aliphatic rings. The lowest BCUT2D eigenvalue weighted by Gasteiger charge is -2.19. The predicted octanol–water partition coefficient (Wildman–Crippen LogP) is 1.19. The van der Waals surface area contributed by atoms with Gasteiger partial charge in [-0.2, -0.15) is 0 Å². The summed E-state index contributed by atoms with van der Waals surface area (Å²) in [5.74, 6) is -0.669. The predicted molar refractivity (Wildman–Crippen MR) is 50.3 cm³/mol. The van der Waals surface area contributed by atoms with Gasteiger partial charge in [0.2, 0.25) is 0 Å². The molecule has 0 saturated heterocycles. The first-order valence-corrected chi connectivity index (χ1v) is 4.55. The summed E-state index contributed by atoms with van der Waals surface area (Å²) in [5.41, 5.74) is 0. The molecular weight excluding hydrogens is 168 g/mol. The van der Waals surface area contributed by atoms with Gasteiger partial charge in [0.15, 0.2) is 5.78 Å². The number of hydrogen-bond acceptors (Lipinski definition) is 3. The van der Waals surface area contributed by atoms with E-state index in [2.05, 4.69) is 0 Å². The van der Waals surface area contributed by atoms with Crippen molar-refractivity contribution in [3.05, 3.63) is 0 Å². The summed E-state index contributed by atoms with van der Waals surface area (Å²) < 4.78 is 0. The van der Waals surface area contributed by atoms with E-state index >= 15 is 0 Å². The Morgan fingerprint density at radius 3 is 1.85 bits per heavy atom. The highest BCUT2D eigenvalue weighted by atomic mass is 16.3. The second kappa shape index (κ2) is 5.12. The van der Waals surface area contributed by atoms with Crippen molar-refractivity contribution < 1.29 is 14.7 Å². The van der Waals surface area contributed by atoms with Gasteiger partial charge in [-0.25, -0.2) is 0 Å². The third kappa shape index (κ3) is 4.18. The molecule has 0 radical (unpaired) electrons. The molecule has 2 unspecified atom stereocenters. The molecule has 0 aromatic rings. The molecule has 0 fully saturated rings. The van der Waals surface area contributed by atoms with Crippen molar-refractivity contribution >= 4 is 11.6 Å². The van der Waals surface area contributed by atoms with Gasteiger partial charge in [-0.3, -0.25) is 9.59 Å². The van der Waals surface area contributed by atoms with Crippen LogP contribution in [0, 0.1) is 11.8 Å². The van der Waals surface area contributed by atoms with Crippen LogP contribution in [-0.4, -0.2) is 22.8 Å². The summed E-state index contributed by atoms with van der Waals surface area (Å²) in [6.07, 6.45) is -0.560. The Labute approximate surface area is 79.1 Å². The number of Topliss-reactive ketones (excluding diaryl/α,β-unsaturated/α-hetero) is 2. The van der Waals surface area contributed by atoms with Crippen LogP contribution in [-0.2, 0) is 9.59 Å². The number of carbonyl (C=O) groups is 2. The SMILES string of the molecule is CC(=O)C(O)C(CC(C)C)C(C)=O. The molecule has 0 aromatic carbocycles. The van der Waals surface area contributed by atoms with Gasteiger partial charge in [0.25, 0.3) is 0 Å². The summed E-state index contributed by atoms with van der Waals surface area (Å²) in [4.78, 5) is 22.0. The van der Waals surface area contributed by atoms with Crippen molar-refractivity contribution in [3.63, 3.8) is 0 Å². The first-order valence-electron chi connectivity index (χ1n) is 4.55. The maximum atomic E-state index is 11.1. The van der Waals surface area contributed by atoms with E-state index in [-0.39, 0.29) is 11.6 Å². The highest BCUT2D eigenvalue weighted by Gasteiger charge is 2.27. The zero-order valence-corrected chi connectivity index (χ0v) is 8.70. The molecule has 0 bridgehead atoms. The van der Waals surface area contributed by atoms with Gasteiger partial charge in [-0.05, 0) is 26.2 Å². The Morgan fingerprint density at radius 2 is 1.62 bits per heavy atom. The molecule has 0 amide bonds. The molecular formula is C10H18O3. The van der Waals surface area contributed by atoms with Crippen molar-refractivity contribution in [2.45, 2.75) is 40.2 Å². The van der Waals surface area contributed by atoms with Crippen molar-refractivity contribution in [2.24, 2.45) is 11.8 Å². The molecule has 0 aromatic heterocycles. The second-order valence-electron chi connectivity index (χ2n) is 3.90. The zero-order valence-electron chi connectivity index (χ0n) is 8.70. The Bertz CT molecular complexity index is 196. The highest BCUT2D eigenvalue weighted by Crippen LogP contribution is 2.17. The number of ketones is 2. The minimum atomic E-state index is -1.13. The van der Waals surface area contributed by atoms with Gasteiger partial charge >= 0.3 is 0 Å². The zero-order chi connectivity index (χ0) is 10.6. The number of carbonyl (C=O) groups excluding carboxylic acids is 2. The van der Waals surface area contributed by atoms with Gasteiger partial charge in [0.1, 0.15) is 11.9 Å². The van der Waals surface area contributed by atoms with Crippen LogP contribution in [0.25, 0.3) is 0 Å². The van der Waals surface area contributed by atoms with Gasteiger partial charge in [-0.1, -0.05) is 13.8 Å².